The summed E-state index contributed by atoms with van der Waals surface area (Å²) in [6.45, 7) is 6.26. The number of hydrogen-bond donors (Lipinski definition) is 1. The van der Waals surface area contributed by atoms with Gasteiger partial charge in [0.1, 0.15) is 5.02 Å². The third kappa shape index (κ3) is 2.85. The first-order valence-corrected chi connectivity index (χ1v) is 6.78. The Morgan fingerprint density at radius 2 is 2.15 bits per heavy atom. The van der Waals surface area contributed by atoms with E-state index in [0.717, 1.165) is 11.3 Å². The fourth-order valence-electron chi connectivity index (χ4n) is 1.95. The number of nitrogens with zero attached hydrogens (tertiary/aromatic N) is 4. The highest BCUT2D eigenvalue weighted by Crippen LogP contribution is 2.18. The van der Waals surface area contributed by atoms with Crippen molar-refractivity contribution in [3.8, 4) is 0 Å². The van der Waals surface area contributed by atoms with Crippen molar-refractivity contribution in [2.45, 2.75) is 33.4 Å². The standard InChI is InChI=1S/C13H18ClN5O/c1-8(2)19-13(20)12(14)11(6-16-19)15-5-10-7-18(4)17-9(10)3/h6-8,15H,5H2,1-4H3. The van der Waals surface area contributed by atoms with Gasteiger partial charge in [-0.15, -0.1) is 0 Å². The molecule has 0 saturated heterocycles. The average Bonchev–Trinajstić information content (AvgIpc) is 2.69. The van der Waals surface area contributed by atoms with Crippen LogP contribution >= 0.6 is 11.6 Å². The lowest BCUT2D eigenvalue weighted by Gasteiger charge is -2.12. The predicted molar refractivity (Wildman–Crippen MR) is 79.2 cm³/mol. The average molecular weight is 296 g/mol. The smallest absolute Gasteiger partial charge is 0.287 e. The molecule has 2 aromatic heterocycles. The van der Waals surface area contributed by atoms with Gasteiger partial charge in [0.05, 0.1) is 23.6 Å². The van der Waals surface area contributed by atoms with Crippen molar-refractivity contribution in [3.05, 3.63) is 39.0 Å². The maximum Gasteiger partial charge on any atom is 0.287 e. The number of halogens is 1. The normalized spacial score (nSPS) is 11.1. The van der Waals surface area contributed by atoms with Crippen LogP contribution in [0.2, 0.25) is 5.02 Å². The molecule has 2 aromatic rings. The molecule has 0 radical (unpaired) electrons. The molecule has 0 bridgehead atoms. The lowest BCUT2D eigenvalue weighted by Crippen LogP contribution is -2.25. The minimum atomic E-state index is -0.283. The van der Waals surface area contributed by atoms with Crippen LogP contribution in [-0.2, 0) is 13.6 Å². The second-order valence-electron chi connectivity index (χ2n) is 4.98. The molecule has 2 heterocycles. The third-order valence-corrected chi connectivity index (χ3v) is 3.38. The zero-order valence-electron chi connectivity index (χ0n) is 12.0. The summed E-state index contributed by atoms with van der Waals surface area (Å²) in [6, 6.07) is -0.0189. The summed E-state index contributed by atoms with van der Waals surface area (Å²) >= 11 is 6.10. The lowest BCUT2D eigenvalue weighted by atomic mass is 10.2. The maximum absolute atomic E-state index is 12.0. The van der Waals surface area contributed by atoms with Crippen LogP contribution in [0, 0.1) is 6.92 Å². The van der Waals surface area contributed by atoms with Gasteiger partial charge >= 0.3 is 0 Å². The first-order chi connectivity index (χ1) is 9.40. The van der Waals surface area contributed by atoms with Gasteiger partial charge in [0.15, 0.2) is 0 Å². The zero-order valence-corrected chi connectivity index (χ0v) is 12.8. The molecule has 0 unspecified atom stereocenters. The predicted octanol–water partition coefficient (Wildman–Crippen LogP) is 2.13. The topological polar surface area (TPSA) is 64.7 Å². The molecule has 0 atom stereocenters. The first-order valence-electron chi connectivity index (χ1n) is 6.40. The Bertz CT molecular complexity index is 674. The number of nitrogens with one attached hydrogen (secondary N) is 1. The maximum atomic E-state index is 12.0. The van der Waals surface area contributed by atoms with Crippen molar-refractivity contribution in [2.24, 2.45) is 7.05 Å². The van der Waals surface area contributed by atoms with Crippen LogP contribution in [0.3, 0.4) is 0 Å². The number of rotatable bonds is 4. The summed E-state index contributed by atoms with van der Waals surface area (Å²) in [5.74, 6) is 0. The molecule has 6 nitrogen and oxygen atoms in total. The van der Waals surface area contributed by atoms with E-state index in [0.29, 0.717) is 12.2 Å². The fourth-order valence-corrected chi connectivity index (χ4v) is 2.15. The Balaban J connectivity index is 2.21. The highest BCUT2D eigenvalue weighted by molar-refractivity contribution is 6.32. The highest BCUT2D eigenvalue weighted by atomic mass is 35.5. The molecule has 108 valence electrons. The van der Waals surface area contributed by atoms with E-state index in [1.807, 2.05) is 34.0 Å². The van der Waals surface area contributed by atoms with E-state index in [1.54, 1.807) is 10.9 Å². The van der Waals surface area contributed by atoms with Gasteiger partial charge in [0.25, 0.3) is 5.56 Å². The minimum absolute atomic E-state index is 0.0189. The summed E-state index contributed by atoms with van der Waals surface area (Å²) in [6.07, 6.45) is 3.51. The van der Waals surface area contributed by atoms with Gasteiger partial charge in [-0.05, 0) is 20.8 Å². The van der Waals surface area contributed by atoms with E-state index in [4.69, 9.17) is 11.6 Å². The highest BCUT2D eigenvalue weighted by Gasteiger charge is 2.11. The van der Waals surface area contributed by atoms with Crippen molar-refractivity contribution < 1.29 is 0 Å². The van der Waals surface area contributed by atoms with Gasteiger partial charge < -0.3 is 5.32 Å². The largest absolute Gasteiger partial charge is 0.378 e. The van der Waals surface area contributed by atoms with Crippen LogP contribution in [0.15, 0.2) is 17.2 Å². The summed E-state index contributed by atoms with van der Waals surface area (Å²) in [5, 5.41) is 11.7. The quantitative estimate of drug-likeness (QED) is 0.938. The first kappa shape index (κ1) is 14.6. The van der Waals surface area contributed by atoms with E-state index < -0.39 is 0 Å². The van der Waals surface area contributed by atoms with Crippen molar-refractivity contribution >= 4 is 17.3 Å². The Kier molecular flexibility index (Phi) is 4.13. The third-order valence-electron chi connectivity index (χ3n) is 3.02. The molecule has 0 amide bonds. The Hall–Kier alpha value is -1.82. The van der Waals surface area contributed by atoms with Crippen molar-refractivity contribution in [1.29, 1.82) is 0 Å². The minimum Gasteiger partial charge on any atom is -0.378 e. The van der Waals surface area contributed by atoms with Gasteiger partial charge in [0, 0.05) is 25.4 Å². The number of anilines is 1. The van der Waals surface area contributed by atoms with Gasteiger partial charge in [-0.25, -0.2) is 4.68 Å². The van der Waals surface area contributed by atoms with Gasteiger partial charge in [-0.2, -0.15) is 10.2 Å². The molecule has 0 fully saturated rings. The summed E-state index contributed by atoms with van der Waals surface area (Å²) in [4.78, 5) is 12.0. The molecule has 0 spiro atoms. The van der Waals surface area contributed by atoms with Crippen LogP contribution < -0.4 is 10.9 Å². The lowest BCUT2D eigenvalue weighted by molar-refractivity contribution is 0.503. The summed E-state index contributed by atoms with van der Waals surface area (Å²) < 4.78 is 3.12. The van der Waals surface area contributed by atoms with Crippen LogP contribution in [-0.4, -0.2) is 19.6 Å². The molecule has 2 rings (SSSR count). The molecule has 0 saturated carbocycles. The van der Waals surface area contributed by atoms with Crippen LogP contribution in [0.1, 0.15) is 31.1 Å². The second kappa shape index (κ2) is 5.66. The number of aromatic nitrogens is 4. The Morgan fingerprint density at radius 1 is 1.45 bits per heavy atom. The van der Waals surface area contributed by atoms with E-state index in [2.05, 4.69) is 15.5 Å². The van der Waals surface area contributed by atoms with Crippen molar-refractivity contribution in [1.82, 2.24) is 19.6 Å². The summed E-state index contributed by atoms with van der Waals surface area (Å²) in [5.41, 5.74) is 2.25. The van der Waals surface area contributed by atoms with E-state index >= 15 is 0 Å². The van der Waals surface area contributed by atoms with E-state index in [-0.39, 0.29) is 16.6 Å². The molecule has 1 N–H and O–H groups in total. The molecule has 0 aliphatic heterocycles. The monoisotopic (exact) mass is 295 g/mol. The van der Waals surface area contributed by atoms with Crippen molar-refractivity contribution in [2.75, 3.05) is 5.32 Å². The molecule has 0 aromatic carbocycles. The number of aryl methyl sites for hydroxylation is 2. The van der Waals surface area contributed by atoms with E-state index in [9.17, 15) is 4.79 Å². The molecule has 20 heavy (non-hydrogen) atoms. The van der Waals surface area contributed by atoms with E-state index in [1.165, 1.54) is 4.68 Å². The molecule has 0 aliphatic rings. The molecule has 0 aliphatic carbocycles. The van der Waals surface area contributed by atoms with Gasteiger partial charge in [-0.3, -0.25) is 9.48 Å². The SMILES string of the molecule is Cc1nn(C)cc1CNc1cnn(C(C)C)c(=O)c1Cl. The van der Waals surface area contributed by atoms with Gasteiger partial charge in [0.2, 0.25) is 0 Å². The number of hydrogen-bond acceptors (Lipinski definition) is 4. The van der Waals surface area contributed by atoms with Crippen LogP contribution in [0.5, 0.6) is 0 Å². The van der Waals surface area contributed by atoms with Gasteiger partial charge in [-0.1, -0.05) is 11.6 Å². The molecular formula is C13H18ClN5O. The van der Waals surface area contributed by atoms with Crippen LogP contribution in [0.4, 0.5) is 5.69 Å². The Morgan fingerprint density at radius 3 is 2.70 bits per heavy atom. The Labute approximate surface area is 122 Å². The second-order valence-corrected chi connectivity index (χ2v) is 5.36. The molecular weight excluding hydrogens is 278 g/mol. The zero-order chi connectivity index (χ0) is 14.9. The van der Waals surface area contributed by atoms with Crippen molar-refractivity contribution in [3.63, 3.8) is 0 Å². The summed E-state index contributed by atoms with van der Waals surface area (Å²) in [7, 11) is 1.87. The van der Waals surface area contributed by atoms with Crippen LogP contribution in [0.25, 0.3) is 0 Å². The molecule has 7 heteroatoms. The fraction of sp³-hybridized carbons (Fsp3) is 0.462.